The van der Waals surface area contributed by atoms with Gasteiger partial charge >= 0.3 is 0 Å². The number of rotatable bonds is 0. The summed E-state index contributed by atoms with van der Waals surface area (Å²) in [6.45, 7) is 2.35. The van der Waals surface area contributed by atoms with Gasteiger partial charge in [0.15, 0.2) is 0 Å². The third kappa shape index (κ3) is 1.24. The quantitative estimate of drug-likeness (QED) is 0.616. The first-order chi connectivity index (χ1) is 8.36. The molecule has 17 heavy (non-hydrogen) atoms. The Morgan fingerprint density at radius 1 is 0.706 bits per heavy atom. The van der Waals surface area contributed by atoms with E-state index >= 15 is 0 Å². The van der Waals surface area contributed by atoms with Crippen LogP contribution in [0.4, 0.5) is 0 Å². The van der Waals surface area contributed by atoms with E-state index in [0.29, 0.717) is 5.92 Å². The molecule has 4 rings (SSSR count). The Labute approximate surface area is 102 Å². The molecule has 0 aliphatic heterocycles. The molecular weight excluding hydrogens is 204 g/mol. The third-order valence-electron chi connectivity index (χ3n) is 4.51. The van der Waals surface area contributed by atoms with E-state index in [9.17, 15) is 0 Å². The van der Waals surface area contributed by atoms with Crippen LogP contribution in [-0.4, -0.2) is 0 Å². The molecule has 2 unspecified atom stereocenters. The van der Waals surface area contributed by atoms with Gasteiger partial charge in [-0.25, -0.2) is 0 Å². The number of benzene rings is 2. The van der Waals surface area contributed by atoms with Crippen LogP contribution in [0.1, 0.15) is 53.4 Å². The van der Waals surface area contributed by atoms with E-state index in [-0.39, 0.29) is 0 Å². The summed E-state index contributed by atoms with van der Waals surface area (Å²) in [5.41, 5.74) is 6.29. The summed E-state index contributed by atoms with van der Waals surface area (Å²) in [4.78, 5) is 0. The second-order valence-corrected chi connectivity index (χ2v) is 5.43. The fourth-order valence-corrected chi connectivity index (χ4v) is 3.54. The zero-order valence-corrected chi connectivity index (χ0v) is 10.1. The highest BCUT2D eigenvalue weighted by Crippen LogP contribution is 2.59. The Bertz CT molecular complexity index is 531. The molecule has 0 N–H and O–H groups in total. The van der Waals surface area contributed by atoms with Crippen LogP contribution in [0.15, 0.2) is 48.5 Å². The lowest BCUT2D eigenvalue weighted by Gasteiger charge is -2.16. The van der Waals surface area contributed by atoms with Crippen LogP contribution in [0.3, 0.4) is 0 Å². The van der Waals surface area contributed by atoms with Gasteiger partial charge in [-0.2, -0.15) is 0 Å². The van der Waals surface area contributed by atoms with Crippen LogP contribution in [-0.2, 0) is 0 Å². The topological polar surface area (TPSA) is 0 Å². The molecule has 0 radical (unpaired) electrons. The Morgan fingerprint density at radius 3 is 1.59 bits per heavy atom. The average Bonchev–Trinajstić information content (AvgIpc) is 3.18. The molecule has 2 aliphatic rings. The van der Waals surface area contributed by atoms with Crippen LogP contribution >= 0.6 is 0 Å². The Hall–Kier alpha value is -1.56. The molecule has 0 aromatic heterocycles. The minimum atomic E-state index is 0.551. The minimum Gasteiger partial charge on any atom is -0.0620 e. The van der Waals surface area contributed by atoms with E-state index in [1.54, 1.807) is 22.3 Å². The van der Waals surface area contributed by atoms with Gasteiger partial charge in [-0.1, -0.05) is 55.5 Å². The van der Waals surface area contributed by atoms with Gasteiger partial charge in [0.2, 0.25) is 0 Å². The van der Waals surface area contributed by atoms with Crippen LogP contribution in [0.2, 0.25) is 0 Å². The van der Waals surface area contributed by atoms with Crippen molar-refractivity contribution in [3.63, 3.8) is 0 Å². The number of hydrogen-bond acceptors (Lipinski definition) is 0. The lowest BCUT2D eigenvalue weighted by atomic mass is 9.88. The summed E-state index contributed by atoms with van der Waals surface area (Å²) >= 11 is 0. The second-order valence-electron chi connectivity index (χ2n) is 5.43. The normalized spacial score (nSPS) is 28.6. The fourth-order valence-electron chi connectivity index (χ4n) is 3.54. The lowest BCUT2D eigenvalue weighted by Crippen LogP contribution is -2.00. The van der Waals surface area contributed by atoms with E-state index in [0.717, 1.165) is 11.8 Å². The van der Waals surface area contributed by atoms with Crippen molar-refractivity contribution < 1.29 is 0 Å². The summed E-state index contributed by atoms with van der Waals surface area (Å²) in [5, 5.41) is 0. The Kier molecular flexibility index (Phi) is 1.80. The minimum absolute atomic E-state index is 0.551. The molecule has 0 bridgehead atoms. The van der Waals surface area contributed by atoms with E-state index in [1.807, 2.05) is 0 Å². The molecule has 0 heterocycles. The maximum Gasteiger partial charge on any atom is 0.00666 e. The van der Waals surface area contributed by atoms with Gasteiger partial charge in [0.1, 0.15) is 0 Å². The van der Waals surface area contributed by atoms with Crippen molar-refractivity contribution in [2.45, 2.75) is 31.1 Å². The predicted molar refractivity (Wildman–Crippen MR) is 70.5 cm³/mol. The summed E-state index contributed by atoms with van der Waals surface area (Å²) in [7, 11) is 0. The first-order valence-electron chi connectivity index (χ1n) is 6.54. The molecular formula is C17H16. The zero-order valence-electron chi connectivity index (χ0n) is 10.1. The Morgan fingerprint density at radius 2 is 1.12 bits per heavy atom. The molecule has 0 heteroatoms. The first-order valence-corrected chi connectivity index (χ1v) is 6.54. The van der Waals surface area contributed by atoms with Crippen LogP contribution in [0, 0.1) is 0 Å². The van der Waals surface area contributed by atoms with Crippen molar-refractivity contribution >= 4 is 0 Å². The first kappa shape index (κ1) is 9.47. The van der Waals surface area contributed by atoms with Gasteiger partial charge in [0.25, 0.3) is 0 Å². The van der Waals surface area contributed by atoms with Crippen LogP contribution in [0.5, 0.6) is 0 Å². The Balaban J connectivity index is 1.99. The van der Waals surface area contributed by atoms with Crippen molar-refractivity contribution in [2.75, 3.05) is 0 Å². The van der Waals surface area contributed by atoms with E-state index in [2.05, 4.69) is 55.5 Å². The van der Waals surface area contributed by atoms with Gasteiger partial charge in [-0.3, -0.25) is 0 Å². The summed E-state index contributed by atoms with van der Waals surface area (Å²) in [6.07, 6.45) is 1.35. The van der Waals surface area contributed by atoms with E-state index < -0.39 is 0 Å². The largest absolute Gasteiger partial charge is 0.0620 e. The average molecular weight is 220 g/mol. The maximum atomic E-state index is 2.35. The van der Waals surface area contributed by atoms with Crippen molar-refractivity contribution in [3.05, 3.63) is 70.8 Å². The van der Waals surface area contributed by atoms with Gasteiger partial charge in [0, 0.05) is 5.92 Å². The molecule has 0 nitrogen and oxygen atoms in total. The molecule has 1 saturated carbocycles. The lowest BCUT2D eigenvalue weighted by molar-refractivity contribution is 0.895. The molecule has 84 valence electrons. The monoisotopic (exact) mass is 220 g/mol. The predicted octanol–water partition coefficient (Wildman–Crippen LogP) is 4.42. The standard InChI is InChI=1S/C17H16/c1-11-12-6-2-4-8-14(12)16-10-17(16)15-9-5-3-7-13(11)15/h2-9,11,16-17H,10H2,1H3. The van der Waals surface area contributed by atoms with Crippen LogP contribution in [0.25, 0.3) is 0 Å². The highest BCUT2D eigenvalue weighted by molar-refractivity contribution is 5.52. The van der Waals surface area contributed by atoms with Gasteiger partial charge < -0.3 is 0 Å². The summed E-state index contributed by atoms with van der Waals surface area (Å²) in [5.74, 6) is 2.13. The molecule has 2 aromatic rings. The fraction of sp³-hybridized carbons (Fsp3) is 0.294. The smallest absolute Gasteiger partial charge is 0.00666 e. The molecule has 2 aromatic carbocycles. The molecule has 0 amide bonds. The van der Waals surface area contributed by atoms with E-state index in [4.69, 9.17) is 0 Å². The summed E-state index contributed by atoms with van der Waals surface area (Å²) < 4.78 is 0. The van der Waals surface area contributed by atoms with Crippen molar-refractivity contribution in [3.8, 4) is 0 Å². The maximum absolute atomic E-state index is 2.35. The highest BCUT2D eigenvalue weighted by Gasteiger charge is 2.44. The van der Waals surface area contributed by atoms with E-state index in [1.165, 1.54) is 6.42 Å². The highest BCUT2D eigenvalue weighted by atomic mass is 14.5. The molecule has 2 atom stereocenters. The molecule has 2 aliphatic carbocycles. The van der Waals surface area contributed by atoms with Gasteiger partial charge in [-0.15, -0.1) is 0 Å². The molecule has 0 saturated heterocycles. The van der Waals surface area contributed by atoms with Crippen molar-refractivity contribution in [1.29, 1.82) is 0 Å². The van der Waals surface area contributed by atoms with Gasteiger partial charge in [0.05, 0.1) is 0 Å². The van der Waals surface area contributed by atoms with Gasteiger partial charge in [-0.05, 0) is 40.5 Å². The SMILES string of the molecule is CC1c2ccccc2C2CC2c2ccccc21. The van der Waals surface area contributed by atoms with Crippen molar-refractivity contribution in [2.24, 2.45) is 0 Å². The third-order valence-corrected chi connectivity index (χ3v) is 4.51. The second kappa shape index (κ2) is 3.22. The molecule has 1 fully saturated rings. The number of fused-ring (bicyclic) bond motifs is 5. The summed E-state index contributed by atoms with van der Waals surface area (Å²) in [6, 6.07) is 18.1. The zero-order chi connectivity index (χ0) is 11.4. The van der Waals surface area contributed by atoms with Crippen molar-refractivity contribution in [1.82, 2.24) is 0 Å². The number of hydrogen-bond donors (Lipinski definition) is 0. The molecule has 0 spiro atoms. The van der Waals surface area contributed by atoms with Crippen LogP contribution < -0.4 is 0 Å².